The molecular formula is C8H6O3S2. The van der Waals surface area contributed by atoms with Crippen molar-refractivity contribution in [2.75, 3.05) is 7.11 Å². The molecule has 5 heteroatoms. The number of fused-ring (bicyclic) bond motifs is 1. The summed E-state index contributed by atoms with van der Waals surface area (Å²) in [6.07, 6.45) is 0. The molecule has 1 heterocycles. The van der Waals surface area contributed by atoms with Crippen molar-refractivity contribution in [1.29, 1.82) is 0 Å². The van der Waals surface area contributed by atoms with Gasteiger partial charge >= 0.3 is 0 Å². The molecule has 1 aromatic carbocycles. The third-order valence-corrected chi connectivity index (χ3v) is 4.42. The number of methoxy groups -OCH3 is 1. The Bertz CT molecular complexity index is 400. The van der Waals surface area contributed by atoms with Crippen LogP contribution in [0.3, 0.4) is 0 Å². The van der Waals surface area contributed by atoms with Gasteiger partial charge in [-0.2, -0.15) is 0 Å². The van der Waals surface area contributed by atoms with Crippen molar-refractivity contribution in [1.82, 2.24) is 0 Å². The van der Waals surface area contributed by atoms with E-state index >= 15 is 0 Å². The second-order valence-electron chi connectivity index (χ2n) is 2.44. The highest BCUT2D eigenvalue weighted by Gasteiger charge is 2.30. The molecule has 1 aromatic rings. The van der Waals surface area contributed by atoms with Crippen LogP contribution in [-0.2, 0) is 9.83 Å². The third-order valence-electron chi connectivity index (χ3n) is 1.74. The number of ether oxygens (including phenoxy) is 1. The summed E-state index contributed by atoms with van der Waals surface area (Å²) in [5.74, 6) is 0.522. The lowest BCUT2D eigenvalue weighted by Gasteiger charge is -2.02. The molecule has 0 aromatic heterocycles. The topological polar surface area (TPSA) is 43.4 Å². The first kappa shape index (κ1) is 8.77. The van der Waals surface area contributed by atoms with Crippen LogP contribution in [0.1, 0.15) is 10.4 Å². The first-order chi connectivity index (χ1) is 6.24. The molecule has 1 unspecified atom stereocenters. The number of hydrogen-bond acceptors (Lipinski definition) is 4. The fourth-order valence-electron chi connectivity index (χ4n) is 1.16. The van der Waals surface area contributed by atoms with Gasteiger partial charge in [0.1, 0.15) is 20.5 Å². The molecule has 0 bridgehead atoms. The maximum atomic E-state index is 11.4. The Labute approximate surface area is 81.3 Å². The van der Waals surface area contributed by atoms with Crippen molar-refractivity contribution in [3.05, 3.63) is 23.8 Å². The Balaban J connectivity index is 2.69. The molecule has 0 saturated carbocycles. The Morgan fingerprint density at radius 2 is 2.23 bits per heavy atom. The van der Waals surface area contributed by atoms with E-state index in [1.165, 1.54) is 7.11 Å². The van der Waals surface area contributed by atoms with Crippen LogP contribution < -0.4 is 4.74 Å². The van der Waals surface area contributed by atoms with Gasteiger partial charge in [-0.15, -0.1) is 0 Å². The lowest BCUT2D eigenvalue weighted by Crippen LogP contribution is -1.92. The Morgan fingerprint density at radius 3 is 2.92 bits per heavy atom. The summed E-state index contributed by atoms with van der Waals surface area (Å²) in [6, 6.07) is 5.09. The highest BCUT2D eigenvalue weighted by molar-refractivity contribution is 8.76. The zero-order valence-electron chi connectivity index (χ0n) is 6.77. The zero-order chi connectivity index (χ0) is 9.42. The van der Waals surface area contributed by atoms with Crippen molar-refractivity contribution in [2.24, 2.45) is 0 Å². The molecule has 0 radical (unpaired) electrons. The van der Waals surface area contributed by atoms with E-state index in [1.54, 1.807) is 18.2 Å². The summed E-state index contributed by atoms with van der Waals surface area (Å²) in [5.41, 5.74) is 0.502. The van der Waals surface area contributed by atoms with E-state index in [9.17, 15) is 9.00 Å². The molecule has 0 saturated heterocycles. The predicted octanol–water partition coefficient (Wildman–Crippen LogP) is 1.60. The SMILES string of the molecule is COc1cccc2c1S(=O)SC2=O. The predicted molar refractivity (Wildman–Crippen MR) is 51.3 cm³/mol. The first-order valence-electron chi connectivity index (χ1n) is 3.55. The maximum Gasteiger partial charge on any atom is 0.233 e. The van der Waals surface area contributed by atoms with Crippen LogP contribution >= 0.6 is 10.8 Å². The summed E-state index contributed by atoms with van der Waals surface area (Å²) < 4.78 is 16.4. The normalized spacial score (nSPS) is 20.1. The number of benzene rings is 1. The van der Waals surface area contributed by atoms with E-state index in [4.69, 9.17) is 4.74 Å². The van der Waals surface area contributed by atoms with Crippen LogP contribution in [0, 0.1) is 0 Å². The molecule has 0 N–H and O–H groups in total. The summed E-state index contributed by atoms with van der Waals surface area (Å²) in [7, 11) is 1.04. The fraction of sp³-hybridized carbons (Fsp3) is 0.125. The van der Waals surface area contributed by atoms with E-state index in [1.807, 2.05) is 0 Å². The van der Waals surface area contributed by atoms with Crippen LogP contribution in [0.2, 0.25) is 0 Å². The second-order valence-corrected chi connectivity index (χ2v) is 5.27. The van der Waals surface area contributed by atoms with Gasteiger partial charge in [0.25, 0.3) is 0 Å². The smallest absolute Gasteiger partial charge is 0.233 e. The van der Waals surface area contributed by atoms with Crippen LogP contribution in [0.4, 0.5) is 0 Å². The molecule has 68 valence electrons. The molecule has 0 amide bonds. The minimum absolute atomic E-state index is 0.146. The van der Waals surface area contributed by atoms with Crippen molar-refractivity contribution in [2.45, 2.75) is 4.90 Å². The molecule has 13 heavy (non-hydrogen) atoms. The Morgan fingerprint density at radius 1 is 1.46 bits per heavy atom. The van der Waals surface area contributed by atoms with Crippen molar-refractivity contribution >= 4 is 25.7 Å². The lowest BCUT2D eigenvalue weighted by molar-refractivity contribution is 0.108. The molecule has 0 spiro atoms. The van der Waals surface area contributed by atoms with E-state index in [2.05, 4.69) is 0 Å². The average Bonchev–Trinajstić information content (AvgIpc) is 2.43. The van der Waals surface area contributed by atoms with Gasteiger partial charge in [-0.3, -0.25) is 4.79 Å². The fourth-order valence-corrected chi connectivity index (χ4v) is 3.81. The first-order valence-corrected chi connectivity index (χ1v) is 6.04. The molecular weight excluding hydrogens is 208 g/mol. The molecule has 1 aliphatic rings. The van der Waals surface area contributed by atoms with Crippen LogP contribution in [-0.4, -0.2) is 16.4 Å². The zero-order valence-corrected chi connectivity index (χ0v) is 8.41. The van der Waals surface area contributed by atoms with Gasteiger partial charge in [0.15, 0.2) is 0 Å². The van der Waals surface area contributed by atoms with E-state index in [0.717, 1.165) is 10.8 Å². The second kappa shape index (κ2) is 3.16. The highest BCUT2D eigenvalue weighted by Crippen LogP contribution is 2.39. The Hall–Kier alpha value is -0.810. The van der Waals surface area contributed by atoms with Gasteiger partial charge in [0.05, 0.1) is 12.7 Å². The number of carbonyl (C=O) groups is 1. The van der Waals surface area contributed by atoms with E-state index in [0.29, 0.717) is 16.2 Å². The van der Waals surface area contributed by atoms with Gasteiger partial charge in [-0.25, -0.2) is 4.21 Å². The number of rotatable bonds is 1. The van der Waals surface area contributed by atoms with Gasteiger partial charge in [-0.1, -0.05) is 6.07 Å². The standard InChI is InChI=1S/C8H6O3S2/c1-11-6-4-2-3-5-7(6)13(10)12-8(5)9/h2-4H,1H3. The largest absolute Gasteiger partial charge is 0.495 e. The van der Waals surface area contributed by atoms with Gasteiger partial charge in [0.2, 0.25) is 5.12 Å². The number of hydrogen-bond donors (Lipinski definition) is 0. The monoisotopic (exact) mass is 214 g/mol. The number of carbonyl (C=O) groups excluding carboxylic acids is 1. The molecule has 0 fully saturated rings. The molecule has 3 nitrogen and oxygen atoms in total. The van der Waals surface area contributed by atoms with Gasteiger partial charge in [-0.05, 0) is 12.1 Å². The summed E-state index contributed by atoms with van der Waals surface area (Å²) in [6.45, 7) is 0. The maximum absolute atomic E-state index is 11.4. The quantitative estimate of drug-likeness (QED) is 0.666. The Kier molecular flexibility index (Phi) is 2.13. The highest BCUT2D eigenvalue weighted by atomic mass is 33.1. The average molecular weight is 214 g/mol. The third kappa shape index (κ3) is 1.28. The lowest BCUT2D eigenvalue weighted by atomic mass is 10.2. The summed E-state index contributed by atoms with van der Waals surface area (Å²) in [4.78, 5) is 11.8. The van der Waals surface area contributed by atoms with Crippen molar-refractivity contribution < 1.29 is 13.7 Å². The van der Waals surface area contributed by atoms with Crippen molar-refractivity contribution in [3.63, 3.8) is 0 Å². The van der Waals surface area contributed by atoms with Crippen LogP contribution in [0.25, 0.3) is 0 Å². The van der Waals surface area contributed by atoms with Crippen LogP contribution in [0.5, 0.6) is 5.75 Å². The van der Waals surface area contributed by atoms with Gasteiger partial charge in [0, 0.05) is 10.8 Å². The minimum atomic E-state index is -1.30. The van der Waals surface area contributed by atoms with Gasteiger partial charge < -0.3 is 4.74 Å². The molecule has 1 atom stereocenters. The van der Waals surface area contributed by atoms with Crippen molar-refractivity contribution in [3.8, 4) is 5.75 Å². The molecule has 2 rings (SSSR count). The van der Waals surface area contributed by atoms with E-state index in [-0.39, 0.29) is 5.12 Å². The van der Waals surface area contributed by atoms with E-state index < -0.39 is 9.83 Å². The van der Waals surface area contributed by atoms with Crippen LogP contribution in [0.15, 0.2) is 23.1 Å². The summed E-state index contributed by atoms with van der Waals surface area (Å²) >= 11 is 0. The molecule has 1 aliphatic heterocycles. The molecule has 0 aliphatic carbocycles. The summed E-state index contributed by atoms with van der Waals surface area (Å²) in [5, 5.41) is -0.146. The minimum Gasteiger partial charge on any atom is -0.495 e.